The van der Waals surface area contributed by atoms with Gasteiger partial charge in [0.2, 0.25) is 0 Å². The van der Waals surface area contributed by atoms with E-state index in [1.807, 2.05) is 53.8 Å². The highest BCUT2D eigenvalue weighted by Gasteiger charge is 2.17. The lowest BCUT2D eigenvalue weighted by atomic mass is 10.2. The molecule has 0 N–H and O–H groups in total. The lowest BCUT2D eigenvalue weighted by Gasteiger charge is -2.07. The highest BCUT2D eigenvalue weighted by Crippen LogP contribution is 2.29. The number of rotatable bonds is 2. The zero-order valence-corrected chi connectivity index (χ0v) is 15.6. The van der Waals surface area contributed by atoms with Gasteiger partial charge in [-0.3, -0.25) is 4.40 Å². The number of halogens is 2. The molecule has 0 fully saturated rings. The van der Waals surface area contributed by atoms with Gasteiger partial charge in [0.25, 0.3) is 0 Å². The molecule has 0 saturated heterocycles. The first-order valence-corrected chi connectivity index (χ1v) is 8.98. The van der Waals surface area contributed by atoms with Crippen molar-refractivity contribution in [2.75, 3.05) is 0 Å². The molecule has 0 spiro atoms. The Hall–Kier alpha value is -2.96. The number of benzene rings is 2. The van der Waals surface area contributed by atoms with E-state index in [0.717, 1.165) is 22.2 Å². The van der Waals surface area contributed by atoms with Crippen molar-refractivity contribution in [3.63, 3.8) is 0 Å². The predicted molar refractivity (Wildman–Crippen MR) is 106 cm³/mol. The molecule has 8 heteroatoms. The number of hydrogen-bond acceptors (Lipinski definition) is 4. The summed E-state index contributed by atoms with van der Waals surface area (Å²) in [6.07, 6.45) is 3.43. The van der Waals surface area contributed by atoms with Crippen molar-refractivity contribution in [1.29, 1.82) is 0 Å². The van der Waals surface area contributed by atoms with Gasteiger partial charge in [-0.1, -0.05) is 41.4 Å². The van der Waals surface area contributed by atoms with Crippen molar-refractivity contribution in [3.05, 3.63) is 70.6 Å². The van der Waals surface area contributed by atoms with E-state index in [-0.39, 0.29) is 0 Å². The Bertz CT molecular complexity index is 1320. The molecule has 0 atom stereocenters. The normalized spacial score (nSPS) is 11.5. The summed E-state index contributed by atoms with van der Waals surface area (Å²) in [5.41, 5.74) is 4.07. The van der Waals surface area contributed by atoms with Gasteiger partial charge in [-0.2, -0.15) is 5.10 Å². The smallest absolute Gasteiger partial charge is 0.175 e. The molecule has 0 unspecified atom stereocenters. The molecule has 0 aliphatic carbocycles. The van der Waals surface area contributed by atoms with Gasteiger partial charge in [-0.15, -0.1) is 10.2 Å². The topological polar surface area (TPSA) is 60.9 Å². The van der Waals surface area contributed by atoms with Crippen LogP contribution in [0.2, 0.25) is 10.0 Å². The van der Waals surface area contributed by atoms with Crippen LogP contribution in [0.3, 0.4) is 0 Å². The lowest BCUT2D eigenvalue weighted by Crippen LogP contribution is -2.01. The fraction of sp³-hybridized carbons (Fsp3) is 0.0526. The first-order chi connectivity index (χ1) is 13.1. The maximum Gasteiger partial charge on any atom is 0.175 e. The van der Waals surface area contributed by atoms with Crippen molar-refractivity contribution in [3.8, 4) is 17.1 Å². The number of hydrogen-bond donors (Lipinski definition) is 0. The Labute approximate surface area is 164 Å². The van der Waals surface area contributed by atoms with Crippen molar-refractivity contribution < 1.29 is 0 Å². The van der Waals surface area contributed by atoms with E-state index in [1.165, 1.54) is 0 Å². The van der Waals surface area contributed by atoms with Crippen LogP contribution in [0, 0.1) is 6.92 Å². The molecule has 2 aromatic carbocycles. The van der Waals surface area contributed by atoms with E-state index in [1.54, 1.807) is 17.2 Å². The Kier molecular flexibility index (Phi) is 3.63. The van der Waals surface area contributed by atoms with Gasteiger partial charge in [-0.05, 0) is 36.8 Å². The Balaban J connectivity index is 1.76. The van der Waals surface area contributed by atoms with Crippen LogP contribution in [-0.4, -0.2) is 29.4 Å². The predicted octanol–water partition coefficient (Wildman–Crippen LogP) is 4.75. The summed E-state index contributed by atoms with van der Waals surface area (Å²) in [5.74, 6) is 0.636. The Morgan fingerprint density at radius 3 is 2.67 bits per heavy atom. The third kappa shape index (κ3) is 2.49. The third-order valence-corrected chi connectivity index (χ3v) is 5.05. The molecule has 6 nitrogen and oxygen atoms in total. The number of fused-ring (bicyclic) bond motifs is 3. The summed E-state index contributed by atoms with van der Waals surface area (Å²) in [5, 5.41) is 15.2. The highest BCUT2D eigenvalue weighted by molar-refractivity contribution is 6.33. The number of aryl methyl sites for hydroxylation is 1. The summed E-state index contributed by atoms with van der Waals surface area (Å²) in [6.45, 7) is 2.00. The van der Waals surface area contributed by atoms with Crippen LogP contribution < -0.4 is 0 Å². The molecular formula is C19H12Cl2N6. The van der Waals surface area contributed by atoms with E-state index < -0.39 is 0 Å². The second-order valence-electron chi connectivity index (χ2n) is 6.17. The van der Waals surface area contributed by atoms with Gasteiger partial charge in [0, 0.05) is 10.6 Å². The fourth-order valence-corrected chi connectivity index (χ4v) is 3.52. The molecule has 5 rings (SSSR count). The van der Waals surface area contributed by atoms with Gasteiger partial charge in [0.05, 0.1) is 22.3 Å². The second kappa shape index (κ2) is 6.04. The summed E-state index contributed by atoms with van der Waals surface area (Å²) in [7, 11) is 0. The van der Waals surface area contributed by atoms with Crippen molar-refractivity contribution in [1.82, 2.24) is 29.4 Å². The molecule has 132 valence electrons. The monoisotopic (exact) mass is 394 g/mol. The first kappa shape index (κ1) is 16.2. The van der Waals surface area contributed by atoms with Gasteiger partial charge < -0.3 is 0 Å². The fourth-order valence-electron chi connectivity index (χ4n) is 3.13. The second-order valence-corrected chi connectivity index (χ2v) is 7.01. The Morgan fingerprint density at radius 2 is 1.81 bits per heavy atom. The van der Waals surface area contributed by atoms with E-state index in [2.05, 4.69) is 20.3 Å². The molecular weight excluding hydrogens is 383 g/mol. The van der Waals surface area contributed by atoms with Gasteiger partial charge in [0.15, 0.2) is 17.1 Å². The van der Waals surface area contributed by atoms with Gasteiger partial charge in [0.1, 0.15) is 6.33 Å². The molecule has 0 saturated carbocycles. The maximum atomic E-state index is 6.32. The maximum absolute atomic E-state index is 6.32. The van der Waals surface area contributed by atoms with Crippen LogP contribution in [0.1, 0.15) is 5.56 Å². The molecule has 27 heavy (non-hydrogen) atoms. The standard InChI is InChI=1S/C19H12Cl2N6/c1-11-6-7-12(20)8-16(11)27-17-14(9-23-27)19-25-24-18(26(19)10-22-17)13-4-2-3-5-15(13)21/h2-10H,1H3. The van der Waals surface area contributed by atoms with Crippen LogP contribution in [-0.2, 0) is 0 Å². The van der Waals surface area contributed by atoms with E-state index in [0.29, 0.717) is 27.2 Å². The summed E-state index contributed by atoms with van der Waals surface area (Å²) < 4.78 is 3.58. The summed E-state index contributed by atoms with van der Waals surface area (Å²) in [4.78, 5) is 4.60. The molecule has 0 aliphatic rings. The average molecular weight is 395 g/mol. The lowest BCUT2D eigenvalue weighted by molar-refractivity contribution is 0.886. The molecule has 0 bridgehead atoms. The minimum absolute atomic E-state index is 0.608. The van der Waals surface area contributed by atoms with Crippen LogP contribution in [0.4, 0.5) is 0 Å². The van der Waals surface area contributed by atoms with Crippen molar-refractivity contribution in [2.24, 2.45) is 0 Å². The molecule has 0 radical (unpaired) electrons. The Morgan fingerprint density at radius 1 is 0.963 bits per heavy atom. The van der Waals surface area contributed by atoms with Crippen LogP contribution >= 0.6 is 23.2 Å². The van der Waals surface area contributed by atoms with Crippen LogP contribution in [0.5, 0.6) is 0 Å². The third-order valence-electron chi connectivity index (χ3n) is 4.49. The minimum Gasteiger partial charge on any atom is -0.264 e. The van der Waals surface area contributed by atoms with E-state index in [9.17, 15) is 0 Å². The van der Waals surface area contributed by atoms with Crippen LogP contribution in [0.25, 0.3) is 33.8 Å². The van der Waals surface area contributed by atoms with Gasteiger partial charge >= 0.3 is 0 Å². The number of aromatic nitrogens is 6. The molecule has 3 heterocycles. The molecule has 0 amide bonds. The zero-order chi connectivity index (χ0) is 18.5. The van der Waals surface area contributed by atoms with Crippen LogP contribution in [0.15, 0.2) is 55.0 Å². The number of nitrogens with zero attached hydrogens (tertiary/aromatic N) is 6. The SMILES string of the molecule is Cc1ccc(Cl)cc1-n1ncc2c1ncn1c(-c3ccccc3Cl)nnc21. The average Bonchev–Trinajstić information content (AvgIpc) is 3.28. The molecule has 0 aliphatic heterocycles. The highest BCUT2D eigenvalue weighted by atomic mass is 35.5. The zero-order valence-electron chi connectivity index (χ0n) is 14.1. The molecule has 3 aromatic heterocycles. The first-order valence-electron chi connectivity index (χ1n) is 8.22. The largest absolute Gasteiger partial charge is 0.264 e. The summed E-state index contributed by atoms with van der Waals surface area (Å²) >= 11 is 12.5. The molecule has 5 aromatic rings. The minimum atomic E-state index is 0.608. The van der Waals surface area contributed by atoms with E-state index in [4.69, 9.17) is 23.2 Å². The van der Waals surface area contributed by atoms with E-state index >= 15 is 0 Å². The van der Waals surface area contributed by atoms with Crippen molar-refractivity contribution >= 4 is 39.9 Å². The van der Waals surface area contributed by atoms with Gasteiger partial charge in [-0.25, -0.2) is 9.67 Å². The van der Waals surface area contributed by atoms with Crippen molar-refractivity contribution in [2.45, 2.75) is 6.92 Å². The quantitative estimate of drug-likeness (QED) is 0.433. The summed E-state index contributed by atoms with van der Waals surface area (Å²) in [6, 6.07) is 13.2.